The molecule has 0 bridgehead atoms. The Bertz CT molecular complexity index is 719. The highest BCUT2D eigenvalue weighted by molar-refractivity contribution is 8.32. The number of H-pyrrole nitrogens is 1. The summed E-state index contributed by atoms with van der Waals surface area (Å²) in [6, 6.07) is 3.41. The first-order chi connectivity index (χ1) is 10.3. The molecular weight excluding hydrogens is 308 g/mol. The summed E-state index contributed by atoms with van der Waals surface area (Å²) >= 11 is 0. The van der Waals surface area contributed by atoms with Crippen LogP contribution in [0.15, 0.2) is 18.2 Å². The van der Waals surface area contributed by atoms with Crippen LogP contribution in [0.3, 0.4) is 0 Å². The van der Waals surface area contributed by atoms with Gasteiger partial charge in [-0.15, -0.1) is 0 Å². The molecule has 2 N–H and O–H groups in total. The molecule has 3 rings (SSSR count). The van der Waals surface area contributed by atoms with Gasteiger partial charge in [-0.1, -0.05) is 0 Å². The van der Waals surface area contributed by atoms with E-state index >= 15 is 0 Å². The van der Waals surface area contributed by atoms with Crippen LogP contribution in [0.4, 0.5) is 8.78 Å². The summed E-state index contributed by atoms with van der Waals surface area (Å²) < 4.78 is 26.9. The minimum atomic E-state index is -0.673. The second-order valence-corrected chi connectivity index (χ2v) is 10.5. The number of hydrogen-bond acceptors (Lipinski definition) is 2. The maximum Gasteiger partial charge on any atom is 0.282 e. The van der Waals surface area contributed by atoms with E-state index in [1.807, 2.05) is 5.01 Å². The average Bonchev–Trinajstić information content (AvgIpc) is 2.85. The molecule has 0 saturated carbocycles. The van der Waals surface area contributed by atoms with E-state index in [9.17, 15) is 13.6 Å². The fourth-order valence-electron chi connectivity index (χ4n) is 2.53. The minimum Gasteiger partial charge on any atom is -0.350 e. The van der Waals surface area contributed by atoms with Crippen molar-refractivity contribution in [1.29, 1.82) is 0 Å². The lowest BCUT2D eigenvalue weighted by molar-refractivity contribution is 0.0799. The molecule has 4 nitrogen and oxygen atoms in total. The van der Waals surface area contributed by atoms with Crippen molar-refractivity contribution in [1.82, 2.24) is 15.4 Å². The van der Waals surface area contributed by atoms with Crippen LogP contribution in [0.5, 0.6) is 0 Å². The van der Waals surface area contributed by atoms with Gasteiger partial charge in [-0.2, -0.15) is 0 Å². The van der Waals surface area contributed by atoms with Crippen LogP contribution in [0.2, 0.25) is 0 Å². The van der Waals surface area contributed by atoms with E-state index in [1.54, 1.807) is 0 Å². The van der Waals surface area contributed by atoms with Gasteiger partial charge in [0.25, 0.3) is 5.91 Å². The lowest BCUT2D eigenvalue weighted by Crippen LogP contribution is -2.49. The number of carbonyl (C=O) groups excluding carboxylic acids is 1. The number of hydrazine groups is 1. The maximum absolute atomic E-state index is 13.7. The van der Waals surface area contributed by atoms with Crippen LogP contribution in [-0.2, 0) is 0 Å². The Labute approximate surface area is 129 Å². The number of fused-ring (bicyclic) bond motifs is 1. The fourth-order valence-corrected chi connectivity index (χ4v) is 4.16. The maximum atomic E-state index is 13.7. The van der Waals surface area contributed by atoms with Crippen LogP contribution in [0.25, 0.3) is 10.9 Å². The molecule has 0 spiro atoms. The molecule has 22 heavy (non-hydrogen) atoms. The number of halogens is 2. The normalized spacial score (nSPS) is 20.0. The monoisotopic (exact) mass is 327 g/mol. The predicted molar refractivity (Wildman–Crippen MR) is 86.4 cm³/mol. The van der Waals surface area contributed by atoms with Crippen LogP contribution < -0.4 is 5.43 Å². The van der Waals surface area contributed by atoms with Crippen LogP contribution in [0.1, 0.15) is 10.5 Å². The largest absolute Gasteiger partial charge is 0.350 e. The molecule has 1 aromatic carbocycles. The number of nitrogens with zero attached hydrogens (tertiary/aromatic N) is 1. The first-order valence-electron chi connectivity index (χ1n) is 7.06. The molecule has 1 aliphatic heterocycles. The molecule has 0 radical (unpaired) electrons. The highest BCUT2D eigenvalue weighted by Crippen LogP contribution is 2.41. The molecule has 1 amide bonds. The molecule has 1 aromatic heterocycles. The Balaban J connectivity index is 1.74. The van der Waals surface area contributed by atoms with Crippen LogP contribution in [0, 0.1) is 11.6 Å². The fraction of sp³-hybridized carbons (Fsp3) is 0.400. The molecule has 0 aliphatic carbocycles. The molecule has 0 atom stereocenters. The van der Waals surface area contributed by atoms with Crippen molar-refractivity contribution in [2.24, 2.45) is 0 Å². The molecule has 1 saturated heterocycles. The van der Waals surface area contributed by atoms with Gasteiger partial charge in [0.1, 0.15) is 17.3 Å². The molecule has 7 heteroatoms. The number of carbonyl (C=O) groups is 1. The molecular formula is C15H19F2N3OS. The number of hydrogen-bond donors (Lipinski definition) is 2. The lowest BCUT2D eigenvalue weighted by atomic mass is 10.2. The Morgan fingerprint density at radius 1 is 1.23 bits per heavy atom. The number of aromatic nitrogens is 1. The van der Waals surface area contributed by atoms with Gasteiger partial charge in [-0.3, -0.25) is 10.2 Å². The summed E-state index contributed by atoms with van der Waals surface area (Å²) in [7, 11) is -0.539. The summed E-state index contributed by atoms with van der Waals surface area (Å²) in [6.07, 6.45) is 4.59. The molecule has 0 unspecified atom stereocenters. The third kappa shape index (κ3) is 3.10. The van der Waals surface area contributed by atoms with Crippen LogP contribution >= 0.6 is 10.0 Å². The molecule has 120 valence electrons. The van der Waals surface area contributed by atoms with Gasteiger partial charge >= 0.3 is 0 Å². The van der Waals surface area contributed by atoms with E-state index in [2.05, 4.69) is 22.9 Å². The number of nitrogens with one attached hydrogen (secondary N) is 2. The second-order valence-electron chi connectivity index (χ2n) is 6.14. The number of amides is 1. The van der Waals surface area contributed by atoms with Gasteiger partial charge in [-0.05, 0) is 36.1 Å². The van der Waals surface area contributed by atoms with Gasteiger partial charge in [0.05, 0.1) is 5.52 Å². The quantitative estimate of drug-likeness (QED) is 0.890. The Kier molecular flexibility index (Phi) is 3.86. The van der Waals surface area contributed by atoms with Crippen molar-refractivity contribution in [3.63, 3.8) is 0 Å². The topological polar surface area (TPSA) is 48.1 Å². The van der Waals surface area contributed by atoms with E-state index in [1.165, 1.54) is 12.1 Å². The summed E-state index contributed by atoms with van der Waals surface area (Å²) in [5, 5.41) is 2.11. The first kappa shape index (κ1) is 15.3. The third-order valence-electron chi connectivity index (χ3n) is 3.98. The summed E-state index contributed by atoms with van der Waals surface area (Å²) in [6.45, 7) is 1.63. The summed E-state index contributed by atoms with van der Waals surface area (Å²) in [5.41, 5.74) is 3.35. The molecule has 2 aromatic rings. The van der Waals surface area contributed by atoms with Crippen molar-refractivity contribution in [3.8, 4) is 0 Å². The van der Waals surface area contributed by atoms with Crippen molar-refractivity contribution in [2.45, 2.75) is 0 Å². The van der Waals surface area contributed by atoms with Gasteiger partial charge in [0.15, 0.2) is 0 Å². The highest BCUT2D eigenvalue weighted by Gasteiger charge is 2.23. The average molecular weight is 327 g/mol. The third-order valence-corrected chi connectivity index (χ3v) is 6.56. The number of rotatable bonds is 2. The molecule has 2 heterocycles. The van der Waals surface area contributed by atoms with Gasteiger partial charge in [0, 0.05) is 24.5 Å². The van der Waals surface area contributed by atoms with Crippen molar-refractivity contribution in [2.75, 3.05) is 37.1 Å². The second kappa shape index (κ2) is 5.55. The van der Waals surface area contributed by atoms with Gasteiger partial charge < -0.3 is 4.98 Å². The molecule has 1 aliphatic rings. The highest BCUT2D eigenvalue weighted by atomic mass is 32.3. The van der Waals surface area contributed by atoms with E-state index in [0.29, 0.717) is 0 Å². The van der Waals surface area contributed by atoms with Crippen molar-refractivity contribution < 1.29 is 13.6 Å². The standard InChI is InChI=1S/C15H19F2N3OS/c1-22(2)5-3-20(4-6-22)19-15(21)14-9-11-12(17)7-10(16)8-13(11)18-14/h7-9,18H,3-6H2,1-2H3,(H,19,21). The van der Waals surface area contributed by atoms with Crippen LogP contribution in [-0.4, -0.2) is 53.0 Å². The predicted octanol–water partition coefficient (Wildman–Crippen LogP) is 2.47. The van der Waals surface area contributed by atoms with E-state index < -0.39 is 21.7 Å². The lowest BCUT2D eigenvalue weighted by Gasteiger charge is -2.40. The zero-order valence-corrected chi connectivity index (χ0v) is 13.4. The smallest absolute Gasteiger partial charge is 0.282 e. The Morgan fingerprint density at radius 3 is 2.59 bits per heavy atom. The van der Waals surface area contributed by atoms with Gasteiger partial charge in [0.2, 0.25) is 0 Å². The number of aromatic amines is 1. The summed E-state index contributed by atoms with van der Waals surface area (Å²) in [5.74, 6) is 0.499. The zero-order valence-electron chi connectivity index (χ0n) is 12.6. The Hall–Kier alpha value is -1.60. The van der Waals surface area contributed by atoms with Crippen molar-refractivity contribution >= 4 is 26.8 Å². The zero-order chi connectivity index (χ0) is 15.9. The summed E-state index contributed by atoms with van der Waals surface area (Å²) in [4.78, 5) is 15.0. The van der Waals surface area contributed by atoms with E-state index in [-0.39, 0.29) is 22.5 Å². The minimum absolute atomic E-state index is 0.218. The van der Waals surface area contributed by atoms with E-state index in [0.717, 1.165) is 30.7 Å². The molecule has 1 fully saturated rings. The van der Waals surface area contributed by atoms with Gasteiger partial charge in [-0.25, -0.2) is 23.8 Å². The first-order valence-corrected chi connectivity index (χ1v) is 9.85. The van der Waals surface area contributed by atoms with Crippen molar-refractivity contribution in [3.05, 3.63) is 35.5 Å². The Morgan fingerprint density at radius 2 is 1.91 bits per heavy atom. The number of benzene rings is 1. The SMILES string of the molecule is CS1(C)CCN(NC(=O)c2cc3c(F)cc(F)cc3[nH]2)CC1. The van der Waals surface area contributed by atoms with E-state index in [4.69, 9.17) is 0 Å².